The van der Waals surface area contributed by atoms with Crippen molar-refractivity contribution in [3.63, 3.8) is 0 Å². The number of aromatic nitrogens is 3. The van der Waals surface area contributed by atoms with Crippen LogP contribution < -0.4 is 5.69 Å². The fraction of sp³-hybridized carbons (Fsp3) is 0.500. The van der Waals surface area contributed by atoms with Gasteiger partial charge in [0.15, 0.2) is 0 Å². The normalized spacial score (nSPS) is 14.1. The average Bonchev–Trinajstić information content (AvgIpc) is 2.88. The number of benzene rings is 1. The minimum atomic E-state index is -0.168. The summed E-state index contributed by atoms with van der Waals surface area (Å²) in [6.07, 6.45) is 1.87. The smallest absolute Gasteiger partial charge is 0.330 e. The van der Waals surface area contributed by atoms with E-state index in [-0.39, 0.29) is 17.4 Å². The van der Waals surface area contributed by atoms with Crippen LogP contribution in [-0.4, -0.2) is 31.7 Å². The molecule has 0 saturated carbocycles. The molecule has 24 heavy (non-hydrogen) atoms. The zero-order valence-electron chi connectivity index (χ0n) is 14.6. The van der Waals surface area contributed by atoms with Gasteiger partial charge in [-0.3, -0.25) is 9.36 Å². The molecular formula is C18H24N4O2. The molecule has 0 unspecified atom stereocenters. The first-order chi connectivity index (χ1) is 11.5. The van der Waals surface area contributed by atoms with Crippen molar-refractivity contribution < 1.29 is 4.79 Å². The highest BCUT2D eigenvalue weighted by Gasteiger charge is 2.29. The Morgan fingerprint density at radius 2 is 1.96 bits per heavy atom. The van der Waals surface area contributed by atoms with Gasteiger partial charge in [0.1, 0.15) is 0 Å². The maximum Gasteiger partial charge on any atom is 0.346 e. The molecule has 0 atom stereocenters. The molecule has 2 heterocycles. The lowest BCUT2D eigenvalue weighted by Crippen LogP contribution is -2.42. The number of hydrogen-bond acceptors (Lipinski definition) is 3. The molecule has 0 spiro atoms. The van der Waals surface area contributed by atoms with Gasteiger partial charge in [-0.05, 0) is 31.4 Å². The van der Waals surface area contributed by atoms with Gasteiger partial charge < -0.3 is 4.90 Å². The molecule has 0 bridgehead atoms. The highest BCUT2D eigenvalue weighted by molar-refractivity contribution is 5.91. The maximum atomic E-state index is 12.7. The SMILES string of the molecule is CCCCn1nc2n(c1=O)CCN(Cc1cc(C)ccc1C)C2=O. The van der Waals surface area contributed by atoms with Gasteiger partial charge >= 0.3 is 5.69 Å². The summed E-state index contributed by atoms with van der Waals surface area (Å²) in [5.74, 6) is 0.113. The second kappa shape index (κ2) is 6.63. The van der Waals surface area contributed by atoms with E-state index < -0.39 is 0 Å². The van der Waals surface area contributed by atoms with Gasteiger partial charge in [-0.2, -0.15) is 0 Å². The molecule has 0 N–H and O–H groups in total. The van der Waals surface area contributed by atoms with Gasteiger partial charge in [-0.25, -0.2) is 9.48 Å². The summed E-state index contributed by atoms with van der Waals surface area (Å²) in [7, 11) is 0. The van der Waals surface area contributed by atoms with Crippen LogP contribution in [-0.2, 0) is 19.6 Å². The Labute approximate surface area is 141 Å². The molecule has 6 nitrogen and oxygen atoms in total. The van der Waals surface area contributed by atoms with Gasteiger partial charge in [0.05, 0.1) is 0 Å². The van der Waals surface area contributed by atoms with Crippen molar-refractivity contribution in [3.05, 3.63) is 51.2 Å². The summed E-state index contributed by atoms with van der Waals surface area (Å²) in [6, 6.07) is 6.27. The summed E-state index contributed by atoms with van der Waals surface area (Å²) >= 11 is 0. The molecule has 1 aromatic heterocycles. The fourth-order valence-corrected chi connectivity index (χ4v) is 3.05. The van der Waals surface area contributed by atoms with E-state index in [0.29, 0.717) is 26.2 Å². The van der Waals surface area contributed by atoms with Crippen molar-refractivity contribution in [2.24, 2.45) is 0 Å². The third-order valence-electron chi connectivity index (χ3n) is 4.58. The van der Waals surface area contributed by atoms with Crippen molar-refractivity contribution in [1.82, 2.24) is 19.2 Å². The summed E-state index contributed by atoms with van der Waals surface area (Å²) < 4.78 is 2.94. The summed E-state index contributed by atoms with van der Waals surface area (Å²) in [5.41, 5.74) is 3.33. The molecule has 0 radical (unpaired) electrons. The van der Waals surface area contributed by atoms with Crippen molar-refractivity contribution in [3.8, 4) is 0 Å². The first-order valence-electron chi connectivity index (χ1n) is 8.54. The Morgan fingerprint density at radius 1 is 1.17 bits per heavy atom. The Hall–Kier alpha value is -2.37. The third kappa shape index (κ3) is 3.00. The van der Waals surface area contributed by atoms with Crippen LogP contribution >= 0.6 is 0 Å². The second-order valence-electron chi connectivity index (χ2n) is 6.49. The Morgan fingerprint density at radius 3 is 2.71 bits per heavy atom. The van der Waals surface area contributed by atoms with E-state index in [9.17, 15) is 9.59 Å². The maximum absolute atomic E-state index is 12.7. The van der Waals surface area contributed by atoms with Crippen LogP contribution in [0.2, 0.25) is 0 Å². The zero-order valence-corrected chi connectivity index (χ0v) is 14.6. The van der Waals surface area contributed by atoms with E-state index in [0.717, 1.165) is 18.4 Å². The van der Waals surface area contributed by atoms with Gasteiger partial charge in [-0.1, -0.05) is 37.1 Å². The van der Waals surface area contributed by atoms with Crippen molar-refractivity contribution in [1.29, 1.82) is 0 Å². The number of hydrogen-bond donors (Lipinski definition) is 0. The topological polar surface area (TPSA) is 60.1 Å². The van der Waals surface area contributed by atoms with Crippen LogP contribution in [0, 0.1) is 13.8 Å². The summed E-state index contributed by atoms with van der Waals surface area (Å²) in [5, 5.41) is 4.28. The van der Waals surface area contributed by atoms with Gasteiger partial charge in [-0.15, -0.1) is 5.10 Å². The first-order valence-corrected chi connectivity index (χ1v) is 8.54. The number of carbonyl (C=O) groups excluding carboxylic acids is 1. The lowest BCUT2D eigenvalue weighted by molar-refractivity contribution is 0.0681. The van der Waals surface area contributed by atoms with Crippen molar-refractivity contribution >= 4 is 5.91 Å². The lowest BCUT2D eigenvalue weighted by Gasteiger charge is -2.27. The molecule has 1 aliphatic heterocycles. The quantitative estimate of drug-likeness (QED) is 0.845. The molecule has 2 aromatic rings. The molecule has 1 amide bonds. The number of unbranched alkanes of at least 4 members (excludes halogenated alkanes) is 1. The minimum absolute atomic E-state index is 0.158. The second-order valence-corrected chi connectivity index (χ2v) is 6.49. The first kappa shape index (κ1) is 16.5. The van der Waals surface area contributed by atoms with E-state index in [1.165, 1.54) is 20.4 Å². The number of amides is 1. The standard InChI is InChI=1S/C18H24N4O2/c1-4-5-8-22-18(24)21-10-9-20(17(23)16(21)19-22)12-15-11-13(2)6-7-14(15)3/h6-7,11H,4-5,8-10,12H2,1-3H3. The number of rotatable bonds is 5. The van der Waals surface area contributed by atoms with Gasteiger partial charge in [0.25, 0.3) is 5.91 Å². The number of aryl methyl sites for hydroxylation is 3. The molecule has 0 fully saturated rings. The zero-order chi connectivity index (χ0) is 17.3. The van der Waals surface area contributed by atoms with E-state index >= 15 is 0 Å². The molecule has 1 aliphatic rings. The fourth-order valence-electron chi connectivity index (χ4n) is 3.05. The minimum Gasteiger partial charge on any atom is -0.330 e. The van der Waals surface area contributed by atoms with Crippen LogP contribution in [0.5, 0.6) is 0 Å². The van der Waals surface area contributed by atoms with Crippen LogP contribution in [0.3, 0.4) is 0 Å². The molecule has 0 aliphatic carbocycles. The molecular weight excluding hydrogens is 304 g/mol. The lowest BCUT2D eigenvalue weighted by atomic mass is 10.0. The molecule has 0 saturated heterocycles. The summed E-state index contributed by atoms with van der Waals surface area (Å²) in [6.45, 7) is 8.35. The van der Waals surface area contributed by atoms with E-state index in [1.54, 1.807) is 4.90 Å². The number of nitrogens with zero attached hydrogens (tertiary/aromatic N) is 4. The summed E-state index contributed by atoms with van der Waals surface area (Å²) in [4.78, 5) is 26.9. The largest absolute Gasteiger partial charge is 0.346 e. The highest BCUT2D eigenvalue weighted by Crippen LogP contribution is 2.17. The van der Waals surface area contributed by atoms with Crippen molar-refractivity contribution in [2.45, 2.75) is 53.2 Å². The predicted octanol–water partition coefficient (Wildman–Crippen LogP) is 2.12. The van der Waals surface area contributed by atoms with E-state index in [2.05, 4.69) is 37.1 Å². The Bertz CT molecular complexity index is 819. The van der Waals surface area contributed by atoms with E-state index in [4.69, 9.17) is 0 Å². The van der Waals surface area contributed by atoms with Gasteiger partial charge in [0.2, 0.25) is 5.82 Å². The predicted molar refractivity (Wildman–Crippen MR) is 92.1 cm³/mol. The number of fused-ring (bicyclic) bond motifs is 1. The molecule has 128 valence electrons. The number of carbonyl (C=O) groups is 1. The van der Waals surface area contributed by atoms with Crippen LogP contribution in [0.15, 0.2) is 23.0 Å². The van der Waals surface area contributed by atoms with E-state index in [1.807, 2.05) is 6.92 Å². The molecule has 3 rings (SSSR count). The average molecular weight is 328 g/mol. The Balaban J connectivity index is 1.84. The molecule has 6 heteroatoms. The van der Waals surface area contributed by atoms with Gasteiger partial charge in [0, 0.05) is 26.2 Å². The van der Waals surface area contributed by atoms with Crippen LogP contribution in [0.25, 0.3) is 0 Å². The molecule has 1 aromatic carbocycles. The third-order valence-corrected chi connectivity index (χ3v) is 4.58. The Kier molecular flexibility index (Phi) is 4.55. The monoisotopic (exact) mass is 328 g/mol. The van der Waals surface area contributed by atoms with Crippen LogP contribution in [0.4, 0.5) is 0 Å². The highest BCUT2D eigenvalue weighted by atomic mass is 16.2. The van der Waals surface area contributed by atoms with Crippen molar-refractivity contribution in [2.75, 3.05) is 6.54 Å². The van der Waals surface area contributed by atoms with Crippen LogP contribution in [0.1, 0.15) is 47.1 Å².